The molecule has 0 spiro atoms. The van der Waals surface area contributed by atoms with Gasteiger partial charge in [-0.25, -0.2) is 0 Å². The fraction of sp³-hybridized carbons (Fsp3) is 0.417. The summed E-state index contributed by atoms with van der Waals surface area (Å²) in [5, 5.41) is 4.35. The van der Waals surface area contributed by atoms with E-state index in [0.29, 0.717) is 16.6 Å². The van der Waals surface area contributed by atoms with Gasteiger partial charge in [-0.3, -0.25) is 10.1 Å². The second-order valence-electron chi connectivity index (χ2n) is 4.24. The first kappa shape index (κ1) is 16.9. The van der Waals surface area contributed by atoms with E-state index in [1.807, 2.05) is 12.1 Å². The molecule has 2 rings (SSSR count). The van der Waals surface area contributed by atoms with Gasteiger partial charge in [0.25, 0.3) is 0 Å². The summed E-state index contributed by atoms with van der Waals surface area (Å²) in [7, 11) is 1.79. The summed E-state index contributed by atoms with van der Waals surface area (Å²) < 4.78 is 0. The van der Waals surface area contributed by atoms with Crippen LogP contribution in [0.1, 0.15) is 5.56 Å². The monoisotopic (exact) mass is 340 g/mol. The zero-order valence-electron chi connectivity index (χ0n) is 10.4. The largest absolute Gasteiger partial charge is 0.340 e. The Balaban J connectivity index is 0.00000180. The van der Waals surface area contributed by atoms with Crippen molar-refractivity contribution < 1.29 is 4.79 Å². The first-order valence-electron chi connectivity index (χ1n) is 5.57. The third-order valence-electron chi connectivity index (χ3n) is 2.73. The van der Waals surface area contributed by atoms with Crippen molar-refractivity contribution in [2.75, 3.05) is 18.7 Å². The number of thioether (sulfide) groups is 1. The first-order chi connectivity index (χ1) is 8.56. The molecular weight excluding hydrogens is 327 g/mol. The number of hydrogen-bond acceptors (Lipinski definition) is 3. The summed E-state index contributed by atoms with van der Waals surface area (Å²) >= 11 is 13.6. The molecule has 1 fully saturated rings. The van der Waals surface area contributed by atoms with Crippen molar-refractivity contribution in [1.29, 1.82) is 0 Å². The van der Waals surface area contributed by atoms with Gasteiger partial charge in [0.15, 0.2) is 0 Å². The molecule has 1 aromatic carbocycles. The average molecular weight is 342 g/mol. The maximum atomic E-state index is 12.1. The predicted octanol–water partition coefficient (Wildman–Crippen LogP) is 3.04. The molecule has 106 valence electrons. The molecule has 1 heterocycles. The van der Waals surface area contributed by atoms with Crippen molar-refractivity contribution in [2.24, 2.45) is 0 Å². The van der Waals surface area contributed by atoms with Gasteiger partial charge in [0.1, 0.15) is 0 Å². The third kappa shape index (κ3) is 4.72. The van der Waals surface area contributed by atoms with E-state index in [1.165, 1.54) is 0 Å². The average Bonchev–Trinajstić information content (AvgIpc) is 2.79. The van der Waals surface area contributed by atoms with Crippen molar-refractivity contribution in [3.63, 3.8) is 0 Å². The van der Waals surface area contributed by atoms with Gasteiger partial charge in [-0.05, 0) is 23.8 Å². The molecule has 7 heteroatoms. The fourth-order valence-corrected chi connectivity index (χ4v) is 3.38. The molecule has 1 amide bonds. The van der Waals surface area contributed by atoms with Crippen LogP contribution < -0.4 is 5.32 Å². The van der Waals surface area contributed by atoms with Gasteiger partial charge in [0.05, 0.1) is 6.04 Å². The van der Waals surface area contributed by atoms with Crippen LogP contribution in [0.4, 0.5) is 0 Å². The zero-order valence-corrected chi connectivity index (χ0v) is 13.5. The Bertz CT molecular complexity index is 432. The summed E-state index contributed by atoms with van der Waals surface area (Å²) in [5.74, 6) is 1.78. The molecule has 0 saturated carbocycles. The van der Waals surface area contributed by atoms with E-state index >= 15 is 0 Å². The Kier molecular flexibility index (Phi) is 6.77. The van der Waals surface area contributed by atoms with Crippen LogP contribution in [-0.4, -0.2) is 35.5 Å². The minimum Gasteiger partial charge on any atom is -0.340 e. The van der Waals surface area contributed by atoms with Crippen LogP contribution in [-0.2, 0) is 11.3 Å². The second-order valence-corrected chi connectivity index (χ2v) is 6.15. The minimum atomic E-state index is -0.0744. The summed E-state index contributed by atoms with van der Waals surface area (Å²) in [6, 6.07) is 5.26. The number of amides is 1. The Morgan fingerprint density at radius 2 is 2.05 bits per heavy atom. The lowest BCUT2D eigenvalue weighted by Crippen LogP contribution is -2.42. The van der Waals surface area contributed by atoms with E-state index < -0.39 is 0 Å². The normalized spacial score (nSPS) is 17.9. The molecular formula is C12H15Cl3N2OS. The minimum absolute atomic E-state index is 0. The SMILES string of the molecule is CN(Cc1cc(Cl)cc(Cl)c1)C(=O)C1CSCN1.Cl. The van der Waals surface area contributed by atoms with Crippen molar-refractivity contribution in [2.45, 2.75) is 12.6 Å². The van der Waals surface area contributed by atoms with Crippen LogP contribution >= 0.6 is 47.4 Å². The van der Waals surface area contributed by atoms with Crippen LogP contribution in [0.5, 0.6) is 0 Å². The van der Waals surface area contributed by atoms with Gasteiger partial charge in [-0.2, -0.15) is 0 Å². The lowest BCUT2D eigenvalue weighted by Gasteiger charge is -2.21. The lowest BCUT2D eigenvalue weighted by atomic mass is 10.2. The molecule has 0 bridgehead atoms. The Morgan fingerprint density at radius 3 is 2.58 bits per heavy atom. The number of likely N-dealkylation sites (N-methyl/N-ethyl adjacent to an activating group) is 1. The maximum absolute atomic E-state index is 12.1. The van der Waals surface area contributed by atoms with Gasteiger partial charge < -0.3 is 4.90 Å². The molecule has 0 radical (unpaired) electrons. The highest BCUT2D eigenvalue weighted by molar-refractivity contribution is 7.99. The van der Waals surface area contributed by atoms with E-state index in [0.717, 1.165) is 17.2 Å². The summed E-state index contributed by atoms with van der Waals surface area (Å²) in [6.07, 6.45) is 0. The van der Waals surface area contributed by atoms with E-state index in [9.17, 15) is 4.79 Å². The van der Waals surface area contributed by atoms with Crippen molar-refractivity contribution in [3.05, 3.63) is 33.8 Å². The Labute approximate surface area is 133 Å². The zero-order chi connectivity index (χ0) is 13.1. The number of nitrogens with one attached hydrogen (secondary N) is 1. The number of carbonyl (C=O) groups is 1. The van der Waals surface area contributed by atoms with Crippen LogP contribution in [0.2, 0.25) is 10.0 Å². The van der Waals surface area contributed by atoms with E-state index in [2.05, 4.69) is 5.32 Å². The number of nitrogens with zero attached hydrogens (tertiary/aromatic N) is 1. The van der Waals surface area contributed by atoms with E-state index in [4.69, 9.17) is 23.2 Å². The van der Waals surface area contributed by atoms with Crippen LogP contribution in [0.3, 0.4) is 0 Å². The fourth-order valence-electron chi connectivity index (χ4n) is 1.87. The maximum Gasteiger partial charge on any atom is 0.240 e. The summed E-state index contributed by atoms with van der Waals surface area (Å²) in [5.41, 5.74) is 0.939. The molecule has 1 aromatic rings. The van der Waals surface area contributed by atoms with Crippen LogP contribution in [0.15, 0.2) is 18.2 Å². The molecule has 19 heavy (non-hydrogen) atoms. The molecule has 1 N–H and O–H groups in total. The molecule has 1 saturated heterocycles. The lowest BCUT2D eigenvalue weighted by molar-refractivity contribution is -0.131. The number of benzene rings is 1. The van der Waals surface area contributed by atoms with Gasteiger partial charge in [0, 0.05) is 35.3 Å². The highest BCUT2D eigenvalue weighted by atomic mass is 35.5. The highest BCUT2D eigenvalue weighted by Crippen LogP contribution is 2.20. The Morgan fingerprint density at radius 1 is 1.42 bits per heavy atom. The number of halogens is 3. The summed E-state index contributed by atoms with van der Waals surface area (Å²) in [4.78, 5) is 13.8. The van der Waals surface area contributed by atoms with Gasteiger partial charge in [-0.15, -0.1) is 24.2 Å². The van der Waals surface area contributed by atoms with Crippen LogP contribution in [0, 0.1) is 0 Å². The quantitative estimate of drug-likeness (QED) is 0.917. The van der Waals surface area contributed by atoms with Gasteiger partial charge >= 0.3 is 0 Å². The third-order valence-corrected chi connectivity index (χ3v) is 4.11. The summed E-state index contributed by atoms with van der Waals surface area (Å²) in [6.45, 7) is 0.516. The van der Waals surface area contributed by atoms with Crippen molar-refractivity contribution in [3.8, 4) is 0 Å². The molecule has 1 aliphatic heterocycles. The number of rotatable bonds is 3. The topological polar surface area (TPSA) is 32.3 Å². The molecule has 1 atom stereocenters. The molecule has 0 aromatic heterocycles. The van der Waals surface area contributed by atoms with Crippen LogP contribution in [0.25, 0.3) is 0 Å². The smallest absolute Gasteiger partial charge is 0.240 e. The highest BCUT2D eigenvalue weighted by Gasteiger charge is 2.25. The first-order valence-corrected chi connectivity index (χ1v) is 7.48. The van der Waals surface area contributed by atoms with E-state index in [1.54, 1.807) is 29.8 Å². The van der Waals surface area contributed by atoms with Gasteiger partial charge in [-0.1, -0.05) is 23.2 Å². The number of hydrogen-bond donors (Lipinski definition) is 1. The van der Waals surface area contributed by atoms with Gasteiger partial charge in [0.2, 0.25) is 5.91 Å². The second kappa shape index (κ2) is 7.60. The van der Waals surface area contributed by atoms with Crippen molar-refractivity contribution in [1.82, 2.24) is 10.2 Å². The molecule has 0 aliphatic carbocycles. The van der Waals surface area contributed by atoms with Crippen molar-refractivity contribution >= 4 is 53.3 Å². The van der Waals surface area contributed by atoms with E-state index in [-0.39, 0.29) is 24.4 Å². The molecule has 1 aliphatic rings. The molecule has 3 nitrogen and oxygen atoms in total. The Hall–Kier alpha value is -0.130. The standard InChI is InChI=1S/C12H14Cl2N2OS.ClH/c1-16(12(17)11-6-18-7-15-11)5-8-2-9(13)4-10(14)3-8;/h2-4,11,15H,5-7H2,1H3;1H. The number of carbonyl (C=O) groups excluding carboxylic acids is 1. The molecule has 1 unspecified atom stereocenters. The predicted molar refractivity (Wildman–Crippen MR) is 84.4 cm³/mol.